The second kappa shape index (κ2) is 10.5. The zero-order chi connectivity index (χ0) is 23.1. The molecular weight excluding hydrogens is 443 g/mol. The first kappa shape index (κ1) is 23.6. The zero-order valence-corrected chi connectivity index (χ0v) is 18.3. The van der Waals surface area contributed by atoms with Crippen molar-refractivity contribution in [3.63, 3.8) is 0 Å². The third-order valence-corrected chi connectivity index (χ3v) is 5.42. The van der Waals surface area contributed by atoms with Crippen LogP contribution in [0, 0.1) is 0 Å². The van der Waals surface area contributed by atoms with Crippen molar-refractivity contribution in [2.24, 2.45) is 0 Å². The first-order valence-corrected chi connectivity index (χ1v) is 10.9. The molecule has 0 fully saturated rings. The number of rotatable bonds is 9. The Labute approximate surface area is 187 Å². The molecule has 0 saturated carbocycles. The van der Waals surface area contributed by atoms with E-state index in [1.807, 2.05) is 6.92 Å². The molecule has 0 spiro atoms. The van der Waals surface area contributed by atoms with Gasteiger partial charge in [0.15, 0.2) is 0 Å². The van der Waals surface area contributed by atoms with Crippen LogP contribution in [0.1, 0.15) is 36.9 Å². The lowest BCUT2D eigenvalue weighted by molar-refractivity contribution is -0.137. The molecule has 2 aromatic carbocycles. The van der Waals surface area contributed by atoms with Crippen molar-refractivity contribution in [2.75, 3.05) is 12.9 Å². The number of alkyl halides is 3. The van der Waals surface area contributed by atoms with Crippen molar-refractivity contribution in [1.82, 2.24) is 15.5 Å². The molecule has 1 N–H and O–H groups in total. The van der Waals surface area contributed by atoms with Crippen LogP contribution >= 0.6 is 11.8 Å². The van der Waals surface area contributed by atoms with Crippen LogP contribution in [-0.4, -0.2) is 29.0 Å². The van der Waals surface area contributed by atoms with Crippen LogP contribution in [-0.2, 0) is 11.0 Å². The highest BCUT2D eigenvalue weighted by Crippen LogP contribution is 2.32. The van der Waals surface area contributed by atoms with Crippen molar-refractivity contribution in [2.45, 2.75) is 37.2 Å². The Morgan fingerprint density at radius 3 is 2.59 bits per heavy atom. The zero-order valence-electron chi connectivity index (χ0n) is 17.5. The molecule has 170 valence electrons. The Balaban J connectivity index is 1.61. The van der Waals surface area contributed by atoms with Crippen molar-refractivity contribution in [3.05, 3.63) is 59.7 Å². The van der Waals surface area contributed by atoms with Gasteiger partial charge in [-0.25, -0.2) is 0 Å². The average molecular weight is 465 g/mol. The fourth-order valence-electron chi connectivity index (χ4n) is 3.02. The summed E-state index contributed by atoms with van der Waals surface area (Å²) in [7, 11) is 1.57. The summed E-state index contributed by atoms with van der Waals surface area (Å²) in [5.74, 6) is 0.657. The van der Waals surface area contributed by atoms with Crippen LogP contribution in [0.25, 0.3) is 11.5 Å². The van der Waals surface area contributed by atoms with Gasteiger partial charge < -0.3 is 14.5 Å². The van der Waals surface area contributed by atoms with E-state index in [-0.39, 0.29) is 16.9 Å². The number of amides is 1. The minimum atomic E-state index is -4.44. The van der Waals surface area contributed by atoms with Crippen LogP contribution in [0.5, 0.6) is 5.75 Å². The fourth-order valence-corrected chi connectivity index (χ4v) is 3.60. The number of aromatic nitrogens is 2. The van der Waals surface area contributed by atoms with Gasteiger partial charge in [0.1, 0.15) is 5.75 Å². The second-order valence-electron chi connectivity index (χ2n) is 6.92. The van der Waals surface area contributed by atoms with Gasteiger partial charge in [0, 0.05) is 5.56 Å². The van der Waals surface area contributed by atoms with E-state index in [0.29, 0.717) is 35.6 Å². The molecule has 0 saturated heterocycles. The predicted octanol–water partition coefficient (Wildman–Crippen LogP) is 5.51. The molecule has 10 heteroatoms. The van der Waals surface area contributed by atoms with Crippen LogP contribution in [0.15, 0.2) is 58.2 Å². The van der Waals surface area contributed by atoms with Crippen LogP contribution < -0.4 is 10.1 Å². The molecule has 1 amide bonds. The van der Waals surface area contributed by atoms with Gasteiger partial charge >= 0.3 is 6.18 Å². The first-order valence-electron chi connectivity index (χ1n) is 9.87. The largest absolute Gasteiger partial charge is 0.497 e. The van der Waals surface area contributed by atoms with E-state index in [0.717, 1.165) is 23.9 Å². The Morgan fingerprint density at radius 1 is 1.19 bits per heavy atom. The quantitative estimate of drug-likeness (QED) is 0.420. The summed E-state index contributed by atoms with van der Waals surface area (Å²) in [5.41, 5.74) is 0.387. The van der Waals surface area contributed by atoms with Crippen LogP contribution in [0.4, 0.5) is 13.2 Å². The van der Waals surface area contributed by atoms with Gasteiger partial charge in [-0.1, -0.05) is 37.2 Å². The summed E-state index contributed by atoms with van der Waals surface area (Å²) in [5, 5.41) is 10.9. The lowest BCUT2D eigenvalue weighted by Gasteiger charge is -2.19. The Kier molecular flexibility index (Phi) is 7.79. The highest BCUT2D eigenvalue weighted by Gasteiger charge is 2.31. The van der Waals surface area contributed by atoms with Crippen molar-refractivity contribution in [1.29, 1.82) is 0 Å². The molecule has 3 aromatic rings. The fraction of sp³-hybridized carbons (Fsp3) is 0.318. The number of hydrogen-bond donors (Lipinski definition) is 1. The van der Waals surface area contributed by atoms with E-state index in [2.05, 4.69) is 15.5 Å². The summed E-state index contributed by atoms with van der Waals surface area (Å²) < 4.78 is 49.8. The van der Waals surface area contributed by atoms with E-state index in [1.165, 1.54) is 6.07 Å². The summed E-state index contributed by atoms with van der Waals surface area (Å²) in [6.45, 7) is 1.90. The average Bonchev–Trinajstić information content (AvgIpc) is 3.26. The van der Waals surface area contributed by atoms with Crippen LogP contribution in [0.3, 0.4) is 0 Å². The number of ether oxygens (including phenoxy) is 1. The lowest BCUT2D eigenvalue weighted by atomic mass is 10.00. The summed E-state index contributed by atoms with van der Waals surface area (Å²) in [6, 6.07) is 11.6. The number of nitrogens with zero attached hydrogens (tertiary/aromatic N) is 2. The maximum absolute atomic E-state index is 13.0. The molecular formula is C22H22F3N3O3S. The van der Waals surface area contributed by atoms with Crippen molar-refractivity contribution < 1.29 is 27.1 Å². The summed E-state index contributed by atoms with van der Waals surface area (Å²) >= 11 is 1.06. The third kappa shape index (κ3) is 6.25. The number of methoxy groups -OCH3 is 1. The second-order valence-corrected chi connectivity index (χ2v) is 7.85. The number of halogens is 3. The van der Waals surface area contributed by atoms with Gasteiger partial charge in [-0.05, 0) is 48.4 Å². The number of benzene rings is 2. The Bertz CT molecular complexity index is 1040. The third-order valence-electron chi connectivity index (χ3n) is 4.60. The van der Waals surface area contributed by atoms with Crippen molar-refractivity contribution in [3.8, 4) is 17.2 Å². The highest BCUT2D eigenvalue weighted by atomic mass is 32.2. The molecule has 0 radical (unpaired) electrons. The van der Waals surface area contributed by atoms with Gasteiger partial charge in [0.2, 0.25) is 11.8 Å². The Hall–Kier alpha value is -3.01. The number of nitrogens with one attached hydrogen (secondary N) is 1. The molecule has 3 rings (SSSR count). The van der Waals surface area contributed by atoms with Gasteiger partial charge in [0.05, 0.1) is 24.5 Å². The van der Waals surface area contributed by atoms with Gasteiger partial charge in [-0.2, -0.15) is 13.2 Å². The standard InChI is InChI=1S/C22H22F3N3O3S/c1-3-5-18(15-6-4-7-16(12-15)22(23,24)25)26-19(29)13-32-21-28-27-20(31-21)14-8-10-17(30-2)11-9-14/h4,6-12,18H,3,5,13H2,1-2H3,(H,26,29). The van der Waals surface area contributed by atoms with E-state index in [1.54, 1.807) is 37.4 Å². The van der Waals surface area contributed by atoms with E-state index < -0.39 is 17.8 Å². The molecule has 1 atom stereocenters. The molecule has 1 heterocycles. The normalized spacial score (nSPS) is 12.4. The van der Waals surface area contributed by atoms with Crippen LogP contribution in [0.2, 0.25) is 0 Å². The smallest absolute Gasteiger partial charge is 0.416 e. The van der Waals surface area contributed by atoms with E-state index >= 15 is 0 Å². The van der Waals surface area contributed by atoms with E-state index in [9.17, 15) is 18.0 Å². The lowest BCUT2D eigenvalue weighted by Crippen LogP contribution is -2.30. The number of thioether (sulfide) groups is 1. The maximum atomic E-state index is 13.0. The maximum Gasteiger partial charge on any atom is 0.416 e. The number of carbonyl (C=O) groups is 1. The Morgan fingerprint density at radius 2 is 1.94 bits per heavy atom. The molecule has 1 aromatic heterocycles. The SMILES string of the molecule is CCCC(NC(=O)CSc1nnc(-c2ccc(OC)cc2)o1)c1cccc(C(F)(F)F)c1. The minimum absolute atomic E-state index is 0.0105. The van der Waals surface area contributed by atoms with Gasteiger partial charge in [-0.3, -0.25) is 4.79 Å². The topological polar surface area (TPSA) is 77.2 Å². The number of carbonyl (C=O) groups excluding carboxylic acids is 1. The molecule has 0 aliphatic carbocycles. The molecule has 6 nitrogen and oxygen atoms in total. The van der Waals surface area contributed by atoms with E-state index in [4.69, 9.17) is 9.15 Å². The molecule has 1 unspecified atom stereocenters. The first-order chi connectivity index (χ1) is 15.3. The van der Waals surface area contributed by atoms with Gasteiger partial charge in [0.25, 0.3) is 5.22 Å². The van der Waals surface area contributed by atoms with Crippen molar-refractivity contribution >= 4 is 17.7 Å². The molecule has 0 bridgehead atoms. The predicted molar refractivity (Wildman–Crippen MR) is 114 cm³/mol. The molecule has 0 aliphatic heterocycles. The minimum Gasteiger partial charge on any atom is -0.497 e. The summed E-state index contributed by atoms with van der Waals surface area (Å²) in [6.07, 6.45) is -3.23. The summed E-state index contributed by atoms with van der Waals surface area (Å²) in [4.78, 5) is 12.4. The molecule has 0 aliphatic rings. The molecule has 32 heavy (non-hydrogen) atoms. The highest BCUT2D eigenvalue weighted by molar-refractivity contribution is 7.99. The monoisotopic (exact) mass is 465 g/mol. The van der Waals surface area contributed by atoms with Gasteiger partial charge in [-0.15, -0.1) is 10.2 Å². The number of hydrogen-bond acceptors (Lipinski definition) is 6.